The third kappa shape index (κ3) is 2.70. The normalized spacial score (nSPS) is 23.3. The van der Waals surface area contributed by atoms with Gasteiger partial charge in [-0.1, -0.05) is 6.85 Å². The zero-order valence-electron chi connectivity index (χ0n) is 16.6. The molecule has 0 saturated carbocycles. The number of ketones is 1. The van der Waals surface area contributed by atoms with Crippen molar-refractivity contribution in [1.29, 1.82) is 0 Å². The van der Waals surface area contributed by atoms with E-state index in [4.69, 9.17) is 20.4 Å². The number of carbonyl (C=O) groups is 1. The molecular formula is C12H16ClNO3. The first-order valence-electron chi connectivity index (χ1n) is 8.54. The maximum absolute atomic E-state index is 12.6. The minimum absolute atomic E-state index is 0. The van der Waals surface area contributed by atoms with Gasteiger partial charge in [0.25, 0.3) is 0 Å². The molecule has 0 aromatic heterocycles. The van der Waals surface area contributed by atoms with Crippen LogP contribution in [-0.4, -0.2) is 25.6 Å². The topological polar surface area (TPSA) is 47.6 Å². The minimum Gasteiger partial charge on any atom is -0.454 e. The van der Waals surface area contributed by atoms with E-state index in [2.05, 4.69) is 0 Å². The largest absolute Gasteiger partial charge is 0.454 e. The van der Waals surface area contributed by atoms with E-state index in [-0.39, 0.29) is 30.5 Å². The van der Waals surface area contributed by atoms with E-state index >= 15 is 0 Å². The molecule has 0 spiro atoms. The zero-order chi connectivity index (χ0) is 18.3. The molecule has 2 rings (SSSR count). The van der Waals surface area contributed by atoms with Crippen molar-refractivity contribution in [3.63, 3.8) is 0 Å². The highest BCUT2D eigenvalue weighted by Crippen LogP contribution is 2.32. The molecule has 1 aromatic rings. The van der Waals surface area contributed by atoms with E-state index in [1.807, 2.05) is 5.32 Å². The van der Waals surface area contributed by atoms with Crippen molar-refractivity contribution in [3.05, 3.63) is 23.8 Å². The molecule has 1 atom stereocenters. The third-order valence-electron chi connectivity index (χ3n) is 2.21. The molecule has 1 N–H and O–H groups in total. The maximum Gasteiger partial charge on any atom is 0.231 e. The van der Waals surface area contributed by atoms with Crippen molar-refractivity contribution in [2.24, 2.45) is 0 Å². The number of rotatable bonds is 4. The molecule has 0 fully saturated rings. The van der Waals surface area contributed by atoms with Gasteiger partial charge in [-0.05, 0) is 31.5 Å². The molecule has 17 heavy (non-hydrogen) atoms. The van der Waals surface area contributed by atoms with Gasteiger partial charge >= 0.3 is 0 Å². The van der Waals surface area contributed by atoms with Gasteiger partial charge in [-0.15, -0.1) is 12.4 Å². The van der Waals surface area contributed by atoms with Gasteiger partial charge in [0.1, 0.15) is 0 Å². The van der Waals surface area contributed by atoms with Crippen molar-refractivity contribution < 1.29 is 25.2 Å². The van der Waals surface area contributed by atoms with Gasteiger partial charge in [-0.3, -0.25) is 4.79 Å². The Morgan fingerprint density at radius 2 is 2.41 bits per heavy atom. The van der Waals surface area contributed by atoms with E-state index in [0.29, 0.717) is 5.75 Å². The van der Waals surface area contributed by atoms with Crippen LogP contribution in [0.15, 0.2) is 18.2 Å². The summed E-state index contributed by atoms with van der Waals surface area (Å²) in [6, 6.07) is 1.86. The van der Waals surface area contributed by atoms with Crippen molar-refractivity contribution in [3.8, 4) is 11.5 Å². The van der Waals surface area contributed by atoms with Crippen molar-refractivity contribution in [1.82, 2.24) is 5.32 Å². The summed E-state index contributed by atoms with van der Waals surface area (Å²) in [5.41, 5.74) is -0.0888. The van der Waals surface area contributed by atoms with E-state index in [1.54, 1.807) is 0 Å². The van der Waals surface area contributed by atoms with Gasteiger partial charge < -0.3 is 14.8 Å². The van der Waals surface area contributed by atoms with Gasteiger partial charge in [-0.25, -0.2) is 0 Å². The van der Waals surface area contributed by atoms with E-state index < -0.39 is 32.0 Å². The van der Waals surface area contributed by atoms with Gasteiger partial charge in [0.15, 0.2) is 17.3 Å². The lowest BCUT2D eigenvalue weighted by molar-refractivity contribution is 0.0944. The molecule has 0 radical (unpaired) electrons. The molecule has 4 nitrogen and oxygen atoms in total. The Bertz CT molecular complexity index is 646. The average Bonchev–Trinajstić information content (AvgIpc) is 2.89. The summed E-state index contributed by atoms with van der Waals surface area (Å²) in [4.78, 5) is 12.6. The summed E-state index contributed by atoms with van der Waals surface area (Å²) in [5.74, 6) is -0.390. The summed E-state index contributed by atoms with van der Waals surface area (Å²) in [6.07, 6.45) is -3.10. The lowest BCUT2D eigenvalue weighted by atomic mass is 10.0. The fourth-order valence-corrected chi connectivity index (χ4v) is 1.38. The summed E-state index contributed by atoms with van der Waals surface area (Å²) in [7, 11) is 0. The van der Waals surface area contributed by atoms with Gasteiger partial charge in [0.05, 0.1) is 6.04 Å². The maximum atomic E-state index is 12.6. The molecule has 0 bridgehead atoms. The molecule has 1 aromatic carbocycles. The minimum atomic E-state index is -3.21. The number of Topliss-reactive ketones (excluding diaryl/α,β-unsaturated/α-hetero) is 1. The van der Waals surface area contributed by atoms with Crippen molar-refractivity contribution >= 4 is 18.2 Å². The van der Waals surface area contributed by atoms with E-state index in [0.717, 1.165) is 0 Å². The van der Waals surface area contributed by atoms with Crippen LogP contribution in [0.25, 0.3) is 0 Å². The van der Waals surface area contributed by atoms with Crippen molar-refractivity contribution in [2.75, 3.05) is 13.8 Å². The van der Waals surface area contributed by atoms with Gasteiger partial charge in [-0.2, -0.15) is 0 Å². The van der Waals surface area contributed by atoms with Crippen LogP contribution in [0.1, 0.15) is 34.5 Å². The lowest BCUT2D eigenvalue weighted by Gasteiger charge is -2.12. The second-order valence-corrected chi connectivity index (χ2v) is 3.15. The summed E-state index contributed by atoms with van der Waals surface area (Å²) >= 11 is 0. The Balaban J connectivity index is 0.00000312. The predicted octanol–water partition coefficient (Wildman–Crippen LogP) is 2.02. The first-order valence-corrected chi connectivity index (χ1v) is 4.54. The van der Waals surface area contributed by atoms with E-state index in [1.165, 1.54) is 18.2 Å². The number of ether oxygens (including phenoxy) is 2. The molecule has 1 unspecified atom stereocenters. The third-order valence-corrected chi connectivity index (χ3v) is 2.21. The molecule has 0 saturated heterocycles. The van der Waals surface area contributed by atoms with Crippen LogP contribution in [0, 0.1) is 0 Å². The number of carbonyl (C=O) groups excluding carboxylic acids is 1. The molecule has 0 aliphatic carbocycles. The number of nitrogens with one attached hydrogen (secondary N) is 1. The Labute approximate surface area is 118 Å². The summed E-state index contributed by atoms with van der Waals surface area (Å²) < 4.78 is 69.2. The van der Waals surface area contributed by atoms with Gasteiger partial charge in [0.2, 0.25) is 6.79 Å². The Kier molecular flexibility index (Phi) is 2.10. The number of fused-ring (bicyclic) bond motifs is 1. The van der Waals surface area contributed by atoms with Gasteiger partial charge in [0, 0.05) is 16.5 Å². The van der Waals surface area contributed by atoms with Crippen LogP contribution < -0.4 is 14.8 Å². The molecule has 94 valence electrons. The number of benzene rings is 1. The smallest absolute Gasteiger partial charge is 0.231 e. The molecule has 1 heterocycles. The highest BCUT2D eigenvalue weighted by Gasteiger charge is 2.20. The fourth-order valence-electron chi connectivity index (χ4n) is 1.38. The van der Waals surface area contributed by atoms with Crippen LogP contribution in [-0.2, 0) is 0 Å². The first kappa shape index (κ1) is 6.07. The van der Waals surface area contributed by atoms with Crippen LogP contribution in [0.4, 0.5) is 0 Å². The number of hydrogen-bond donors (Lipinski definition) is 1. The Hall–Kier alpha value is -1.26. The number of halogens is 1. The highest BCUT2D eigenvalue weighted by atomic mass is 35.5. The summed E-state index contributed by atoms with van der Waals surface area (Å²) in [5, 5.41) is 1.81. The molecule has 1 aliphatic heterocycles. The Morgan fingerprint density at radius 1 is 1.59 bits per heavy atom. The summed E-state index contributed by atoms with van der Waals surface area (Å²) in [6.45, 7) is -6.16. The molecule has 5 heteroatoms. The standard InChI is InChI=1S/C12H15NO3.ClH/c1-3-9(13-2)12(14)8-4-5-10-11(6-8)16-7-15-10;/h4-6,9,13H,3,7H2,1-2H3;1H/i1D3,2D3,3D2;. The lowest BCUT2D eigenvalue weighted by Crippen LogP contribution is -2.33. The Morgan fingerprint density at radius 3 is 3.18 bits per heavy atom. The second-order valence-electron chi connectivity index (χ2n) is 3.15. The highest BCUT2D eigenvalue weighted by molar-refractivity contribution is 6.00. The van der Waals surface area contributed by atoms with Crippen LogP contribution >= 0.6 is 12.4 Å². The predicted molar refractivity (Wildman–Crippen MR) is 67.3 cm³/mol. The molecular weight excluding hydrogens is 242 g/mol. The quantitative estimate of drug-likeness (QED) is 0.846. The number of hydrogen-bond acceptors (Lipinski definition) is 4. The zero-order valence-corrected chi connectivity index (χ0v) is 9.47. The number of likely N-dealkylation sites (N-methyl/N-ethyl adjacent to an activating group) is 1. The second kappa shape index (κ2) is 5.89. The van der Waals surface area contributed by atoms with E-state index in [9.17, 15) is 4.79 Å². The van der Waals surface area contributed by atoms with Crippen LogP contribution in [0.2, 0.25) is 0 Å². The molecule has 0 amide bonds. The van der Waals surface area contributed by atoms with Crippen LogP contribution in [0.3, 0.4) is 0 Å². The fraction of sp³-hybridized carbons (Fsp3) is 0.417. The monoisotopic (exact) mass is 265 g/mol. The van der Waals surface area contributed by atoms with Crippen LogP contribution in [0.5, 0.6) is 11.5 Å². The SMILES string of the molecule is Cl.[2H]C([2H])([2H])NC(C(=O)c1ccc2c(c1)OCO2)C([2H])([2H])C([2H])([2H])[2H]. The van der Waals surface area contributed by atoms with Crippen molar-refractivity contribution in [2.45, 2.75) is 19.3 Å². The average molecular weight is 266 g/mol. The first-order chi connectivity index (χ1) is 10.8. The molecule has 1 aliphatic rings.